The number of nitrogens with zero attached hydrogens (tertiary/aromatic N) is 1. The fraction of sp³-hybridized carbons (Fsp3) is 0.526. The van der Waals surface area contributed by atoms with Crippen molar-refractivity contribution in [2.24, 2.45) is 11.7 Å². The molecule has 0 bridgehead atoms. The third-order valence-corrected chi connectivity index (χ3v) is 5.03. The highest BCUT2D eigenvalue weighted by Gasteiger charge is 2.30. The SMILES string of the molecule is CCC(C)C(NC(N)=O)C(=O)NC1CCN(C(=O)c2ccccc2F)CC1. The predicted octanol–water partition coefficient (Wildman–Crippen LogP) is 1.63. The number of primary amides is 1. The van der Waals surface area contributed by atoms with E-state index in [1.807, 2.05) is 13.8 Å². The number of benzene rings is 1. The lowest BCUT2D eigenvalue weighted by atomic mass is 9.97. The van der Waals surface area contributed by atoms with Crippen LogP contribution in [-0.2, 0) is 4.79 Å². The van der Waals surface area contributed by atoms with Crippen LogP contribution in [0.15, 0.2) is 24.3 Å². The first-order valence-corrected chi connectivity index (χ1v) is 9.23. The van der Waals surface area contributed by atoms with Crippen LogP contribution in [0.3, 0.4) is 0 Å². The second kappa shape index (κ2) is 9.34. The van der Waals surface area contributed by atoms with E-state index in [0.717, 1.165) is 0 Å². The quantitative estimate of drug-likeness (QED) is 0.701. The highest BCUT2D eigenvalue weighted by atomic mass is 19.1. The van der Waals surface area contributed by atoms with Gasteiger partial charge in [0.05, 0.1) is 5.56 Å². The number of carbonyl (C=O) groups excluding carboxylic acids is 3. The molecule has 148 valence electrons. The van der Waals surface area contributed by atoms with Crippen LogP contribution in [-0.4, -0.2) is 47.9 Å². The highest BCUT2D eigenvalue weighted by Crippen LogP contribution is 2.17. The lowest BCUT2D eigenvalue weighted by molar-refractivity contribution is -0.125. The molecule has 1 heterocycles. The van der Waals surface area contributed by atoms with Crippen molar-refractivity contribution in [1.82, 2.24) is 15.5 Å². The maximum atomic E-state index is 13.8. The van der Waals surface area contributed by atoms with E-state index in [4.69, 9.17) is 5.73 Å². The van der Waals surface area contributed by atoms with E-state index in [9.17, 15) is 18.8 Å². The van der Waals surface area contributed by atoms with E-state index in [1.54, 1.807) is 17.0 Å². The Kier molecular flexibility index (Phi) is 7.15. The Hall–Kier alpha value is -2.64. The summed E-state index contributed by atoms with van der Waals surface area (Å²) in [5.74, 6) is -1.21. The van der Waals surface area contributed by atoms with Crippen LogP contribution in [0.5, 0.6) is 0 Å². The Labute approximate surface area is 158 Å². The van der Waals surface area contributed by atoms with Crippen LogP contribution in [0.25, 0.3) is 0 Å². The molecule has 1 aliphatic rings. The Morgan fingerprint density at radius 2 is 1.89 bits per heavy atom. The minimum atomic E-state index is -0.735. The van der Waals surface area contributed by atoms with Crippen molar-refractivity contribution in [2.75, 3.05) is 13.1 Å². The summed E-state index contributed by atoms with van der Waals surface area (Å²) in [5, 5.41) is 5.42. The van der Waals surface area contributed by atoms with E-state index in [2.05, 4.69) is 10.6 Å². The van der Waals surface area contributed by atoms with Crippen molar-refractivity contribution >= 4 is 17.8 Å². The van der Waals surface area contributed by atoms with Crippen LogP contribution < -0.4 is 16.4 Å². The zero-order valence-corrected chi connectivity index (χ0v) is 15.7. The third kappa shape index (κ3) is 5.42. The van der Waals surface area contributed by atoms with Gasteiger partial charge in [0, 0.05) is 19.1 Å². The molecule has 0 radical (unpaired) electrons. The molecular formula is C19H27FN4O3. The van der Waals surface area contributed by atoms with Gasteiger partial charge in [-0.2, -0.15) is 0 Å². The maximum absolute atomic E-state index is 13.8. The number of rotatable bonds is 6. The van der Waals surface area contributed by atoms with Gasteiger partial charge >= 0.3 is 6.03 Å². The molecule has 0 aromatic heterocycles. The first-order chi connectivity index (χ1) is 12.8. The molecule has 1 aromatic rings. The fourth-order valence-electron chi connectivity index (χ4n) is 3.18. The first-order valence-electron chi connectivity index (χ1n) is 9.23. The average Bonchev–Trinajstić information content (AvgIpc) is 2.65. The van der Waals surface area contributed by atoms with Crippen LogP contribution in [0.1, 0.15) is 43.5 Å². The molecular weight excluding hydrogens is 351 g/mol. The molecule has 0 spiro atoms. The van der Waals surface area contributed by atoms with Gasteiger partial charge in [0.25, 0.3) is 5.91 Å². The van der Waals surface area contributed by atoms with Crippen LogP contribution in [0.2, 0.25) is 0 Å². The molecule has 2 atom stereocenters. The Balaban J connectivity index is 1.91. The second-order valence-electron chi connectivity index (χ2n) is 6.93. The minimum Gasteiger partial charge on any atom is -0.352 e. The number of halogens is 1. The molecule has 7 nitrogen and oxygen atoms in total. The number of amides is 4. The van der Waals surface area contributed by atoms with E-state index in [0.29, 0.717) is 32.4 Å². The maximum Gasteiger partial charge on any atom is 0.312 e. The largest absolute Gasteiger partial charge is 0.352 e. The summed E-state index contributed by atoms with van der Waals surface area (Å²) in [6.45, 7) is 4.65. The average molecular weight is 378 g/mol. The van der Waals surface area contributed by atoms with E-state index in [1.165, 1.54) is 12.1 Å². The lowest BCUT2D eigenvalue weighted by Gasteiger charge is -2.33. The standard InChI is InChI=1S/C19H27FN4O3/c1-3-12(2)16(23-19(21)27)17(25)22-13-8-10-24(11-9-13)18(26)14-6-4-5-7-15(14)20/h4-7,12-13,16H,3,8-11H2,1-2H3,(H,22,25)(H3,21,23,27). The summed E-state index contributed by atoms with van der Waals surface area (Å²) >= 11 is 0. The monoisotopic (exact) mass is 378 g/mol. The van der Waals surface area contributed by atoms with E-state index < -0.39 is 17.9 Å². The number of nitrogens with one attached hydrogen (secondary N) is 2. The van der Waals surface area contributed by atoms with Gasteiger partial charge in [-0.1, -0.05) is 32.4 Å². The van der Waals surface area contributed by atoms with Gasteiger partial charge in [0.15, 0.2) is 0 Å². The number of carbonyl (C=O) groups is 3. The Bertz CT molecular complexity index is 689. The molecule has 0 aliphatic carbocycles. The summed E-state index contributed by atoms with van der Waals surface area (Å²) in [5.41, 5.74) is 5.23. The summed E-state index contributed by atoms with van der Waals surface area (Å²) in [4.78, 5) is 37.7. The van der Waals surface area contributed by atoms with Crippen molar-refractivity contribution in [1.29, 1.82) is 0 Å². The van der Waals surface area contributed by atoms with Gasteiger partial charge in [-0.25, -0.2) is 9.18 Å². The van der Waals surface area contributed by atoms with E-state index >= 15 is 0 Å². The number of urea groups is 1. The summed E-state index contributed by atoms with van der Waals surface area (Å²) in [7, 11) is 0. The number of likely N-dealkylation sites (tertiary alicyclic amines) is 1. The molecule has 4 N–H and O–H groups in total. The van der Waals surface area contributed by atoms with Gasteiger partial charge in [0.1, 0.15) is 11.9 Å². The summed E-state index contributed by atoms with van der Waals surface area (Å²) < 4.78 is 13.8. The molecule has 27 heavy (non-hydrogen) atoms. The van der Waals surface area contributed by atoms with Crippen molar-refractivity contribution in [2.45, 2.75) is 45.2 Å². The number of hydrogen-bond donors (Lipinski definition) is 3. The highest BCUT2D eigenvalue weighted by molar-refractivity contribution is 5.94. The van der Waals surface area contributed by atoms with Crippen LogP contribution >= 0.6 is 0 Å². The molecule has 1 aliphatic heterocycles. The minimum absolute atomic E-state index is 0.0553. The smallest absolute Gasteiger partial charge is 0.312 e. The first kappa shape index (κ1) is 20.7. The zero-order chi connectivity index (χ0) is 20.0. The third-order valence-electron chi connectivity index (χ3n) is 5.03. The van der Waals surface area contributed by atoms with Gasteiger partial charge < -0.3 is 21.3 Å². The van der Waals surface area contributed by atoms with Gasteiger partial charge in [0.2, 0.25) is 5.91 Å². The Morgan fingerprint density at radius 3 is 2.44 bits per heavy atom. The van der Waals surface area contributed by atoms with Gasteiger partial charge in [-0.15, -0.1) is 0 Å². The second-order valence-corrected chi connectivity index (χ2v) is 6.93. The summed E-state index contributed by atoms with van der Waals surface area (Å²) in [6, 6.07) is 4.37. The predicted molar refractivity (Wildman–Crippen MR) is 99.4 cm³/mol. The van der Waals surface area contributed by atoms with Gasteiger partial charge in [-0.3, -0.25) is 9.59 Å². The lowest BCUT2D eigenvalue weighted by Crippen LogP contribution is -2.55. The van der Waals surface area contributed by atoms with Crippen molar-refractivity contribution in [3.63, 3.8) is 0 Å². The zero-order valence-electron chi connectivity index (χ0n) is 15.7. The number of hydrogen-bond acceptors (Lipinski definition) is 3. The molecule has 1 saturated heterocycles. The fourth-order valence-corrected chi connectivity index (χ4v) is 3.18. The van der Waals surface area contributed by atoms with Crippen molar-refractivity contribution in [3.8, 4) is 0 Å². The number of piperidine rings is 1. The van der Waals surface area contributed by atoms with Crippen LogP contribution in [0, 0.1) is 11.7 Å². The normalized spacial score (nSPS) is 17.1. The molecule has 1 fully saturated rings. The molecule has 0 saturated carbocycles. The Morgan fingerprint density at radius 1 is 1.26 bits per heavy atom. The molecule has 2 unspecified atom stereocenters. The topological polar surface area (TPSA) is 105 Å². The number of nitrogens with two attached hydrogens (primary N) is 1. The van der Waals surface area contributed by atoms with Crippen molar-refractivity contribution in [3.05, 3.63) is 35.6 Å². The summed E-state index contributed by atoms with van der Waals surface area (Å²) in [6.07, 6.45) is 1.85. The van der Waals surface area contributed by atoms with E-state index in [-0.39, 0.29) is 29.3 Å². The van der Waals surface area contributed by atoms with Crippen LogP contribution in [0.4, 0.5) is 9.18 Å². The van der Waals surface area contributed by atoms with Crippen molar-refractivity contribution < 1.29 is 18.8 Å². The molecule has 4 amide bonds. The van der Waals surface area contributed by atoms with Gasteiger partial charge in [-0.05, 0) is 30.9 Å². The molecule has 1 aromatic carbocycles. The molecule has 8 heteroatoms. The molecule has 2 rings (SSSR count).